The predicted octanol–water partition coefficient (Wildman–Crippen LogP) is 4.41. The van der Waals surface area contributed by atoms with Crippen molar-refractivity contribution in [2.75, 3.05) is 0 Å². The van der Waals surface area contributed by atoms with Gasteiger partial charge in [-0.2, -0.15) is 0 Å². The first-order valence-electron chi connectivity index (χ1n) is 5.57. The SMILES string of the molecule is O=C(O)c1ccc(COc2cc(Cl)ccc2Cl)cc1F. The molecule has 0 aliphatic heterocycles. The van der Waals surface area contributed by atoms with Crippen molar-refractivity contribution in [3.63, 3.8) is 0 Å². The van der Waals surface area contributed by atoms with E-state index in [2.05, 4.69) is 0 Å². The fourth-order valence-corrected chi connectivity index (χ4v) is 1.90. The van der Waals surface area contributed by atoms with E-state index in [0.29, 0.717) is 21.4 Å². The monoisotopic (exact) mass is 314 g/mol. The van der Waals surface area contributed by atoms with Gasteiger partial charge in [0.25, 0.3) is 0 Å². The van der Waals surface area contributed by atoms with Gasteiger partial charge in [0, 0.05) is 11.1 Å². The van der Waals surface area contributed by atoms with Crippen LogP contribution < -0.4 is 4.74 Å². The summed E-state index contributed by atoms with van der Waals surface area (Å²) < 4.78 is 18.9. The van der Waals surface area contributed by atoms with Crippen molar-refractivity contribution in [3.05, 3.63) is 63.4 Å². The van der Waals surface area contributed by atoms with Crippen LogP contribution in [0.5, 0.6) is 5.75 Å². The highest BCUT2D eigenvalue weighted by Crippen LogP contribution is 2.28. The van der Waals surface area contributed by atoms with Gasteiger partial charge in [-0.05, 0) is 29.8 Å². The molecule has 0 atom stereocenters. The lowest BCUT2D eigenvalue weighted by atomic mass is 10.1. The minimum absolute atomic E-state index is 0.0525. The van der Waals surface area contributed by atoms with Crippen LogP contribution in [0.2, 0.25) is 10.0 Å². The molecule has 2 aromatic rings. The van der Waals surface area contributed by atoms with Crippen LogP contribution in [-0.2, 0) is 6.61 Å². The second kappa shape index (κ2) is 6.11. The maximum absolute atomic E-state index is 13.5. The molecule has 0 radical (unpaired) electrons. The van der Waals surface area contributed by atoms with Crippen LogP contribution in [0.3, 0.4) is 0 Å². The van der Waals surface area contributed by atoms with Gasteiger partial charge in [-0.15, -0.1) is 0 Å². The number of ether oxygens (including phenoxy) is 1. The molecule has 0 saturated carbocycles. The Morgan fingerprint density at radius 1 is 1.20 bits per heavy atom. The van der Waals surface area contributed by atoms with Crippen LogP contribution in [0.25, 0.3) is 0 Å². The number of carboxylic acids is 1. The Kier molecular flexibility index (Phi) is 4.47. The zero-order valence-electron chi connectivity index (χ0n) is 10.1. The Hall–Kier alpha value is -1.78. The van der Waals surface area contributed by atoms with Gasteiger partial charge >= 0.3 is 5.97 Å². The average molecular weight is 315 g/mol. The number of rotatable bonds is 4. The van der Waals surface area contributed by atoms with Crippen molar-refractivity contribution in [2.24, 2.45) is 0 Å². The van der Waals surface area contributed by atoms with Crippen molar-refractivity contribution >= 4 is 29.2 Å². The summed E-state index contributed by atoms with van der Waals surface area (Å²) in [6.07, 6.45) is 0. The number of aromatic carboxylic acids is 1. The lowest BCUT2D eigenvalue weighted by Crippen LogP contribution is -2.03. The van der Waals surface area contributed by atoms with Gasteiger partial charge in [0.05, 0.1) is 10.6 Å². The summed E-state index contributed by atoms with van der Waals surface area (Å²) >= 11 is 11.7. The van der Waals surface area contributed by atoms with Gasteiger partial charge in [-0.25, -0.2) is 9.18 Å². The third-order valence-electron chi connectivity index (χ3n) is 2.55. The Balaban J connectivity index is 2.13. The molecule has 0 aliphatic rings. The van der Waals surface area contributed by atoms with E-state index in [-0.39, 0.29) is 12.2 Å². The van der Waals surface area contributed by atoms with Gasteiger partial charge < -0.3 is 9.84 Å². The molecule has 0 fully saturated rings. The number of carboxylic acid groups (broad SMARTS) is 1. The molecular weight excluding hydrogens is 306 g/mol. The minimum Gasteiger partial charge on any atom is -0.487 e. The van der Waals surface area contributed by atoms with Crippen LogP contribution in [0.1, 0.15) is 15.9 Å². The topological polar surface area (TPSA) is 46.5 Å². The van der Waals surface area contributed by atoms with Crippen molar-refractivity contribution in [1.82, 2.24) is 0 Å². The van der Waals surface area contributed by atoms with E-state index in [1.54, 1.807) is 18.2 Å². The van der Waals surface area contributed by atoms with Crippen LogP contribution in [0.4, 0.5) is 4.39 Å². The lowest BCUT2D eigenvalue weighted by Gasteiger charge is -2.09. The fourth-order valence-electron chi connectivity index (χ4n) is 1.57. The maximum Gasteiger partial charge on any atom is 0.338 e. The molecular formula is C14H9Cl2FO3. The summed E-state index contributed by atoms with van der Waals surface area (Å²) in [5, 5.41) is 9.58. The Morgan fingerprint density at radius 2 is 1.95 bits per heavy atom. The highest BCUT2D eigenvalue weighted by Gasteiger charge is 2.11. The number of carbonyl (C=O) groups is 1. The van der Waals surface area contributed by atoms with E-state index in [9.17, 15) is 9.18 Å². The first-order valence-corrected chi connectivity index (χ1v) is 6.32. The van der Waals surface area contributed by atoms with Crippen LogP contribution in [0, 0.1) is 5.82 Å². The molecule has 20 heavy (non-hydrogen) atoms. The van der Waals surface area contributed by atoms with E-state index >= 15 is 0 Å². The molecule has 2 rings (SSSR count). The molecule has 1 N–H and O–H groups in total. The van der Waals surface area contributed by atoms with Gasteiger partial charge in [-0.1, -0.05) is 29.3 Å². The van der Waals surface area contributed by atoms with Gasteiger partial charge in [0.15, 0.2) is 0 Å². The quantitative estimate of drug-likeness (QED) is 0.909. The summed E-state index contributed by atoms with van der Waals surface area (Å²) in [6.45, 7) is 0.0525. The Bertz CT molecular complexity index is 659. The van der Waals surface area contributed by atoms with E-state index in [1.165, 1.54) is 12.1 Å². The third-order valence-corrected chi connectivity index (χ3v) is 3.10. The van der Waals surface area contributed by atoms with Crippen molar-refractivity contribution < 1.29 is 19.0 Å². The van der Waals surface area contributed by atoms with E-state index in [1.807, 2.05) is 0 Å². The predicted molar refractivity (Wildman–Crippen MR) is 74.2 cm³/mol. The van der Waals surface area contributed by atoms with Crippen LogP contribution in [0.15, 0.2) is 36.4 Å². The molecule has 0 spiro atoms. The van der Waals surface area contributed by atoms with Crippen molar-refractivity contribution in [1.29, 1.82) is 0 Å². The fraction of sp³-hybridized carbons (Fsp3) is 0.0714. The Labute approximate surface area is 124 Å². The first kappa shape index (κ1) is 14.6. The molecule has 0 aliphatic carbocycles. The standard InChI is InChI=1S/C14H9Cl2FO3/c15-9-2-4-11(16)13(6-9)20-7-8-1-3-10(14(18)19)12(17)5-8/h1-6H,7H2,(H,18,19). The molecule has 3 nitrogen and oxygen atoms in total. The molecule has 2 aromatic carbocycles. The summed E-state index contributed by atoms with van der Waals surface area (Å²) in [6, 6.07) is 8.54. The number of hydrogen-bond donors (Lipinski definition) is 1. The zero-order chi connectivity index (χ0) is 14.7. The largest absolute Gasteiger partial charge is 0.487 e. The highest BCUT2D eigenvalue weighted by molar-refractivity contribution is 6.34. The van der Waals surface area contributed by atoms with E-state index in [0.717, 1.165) is 6.07 Å². The highest BCUT2D eigenvalue weighted by atomic mass is 35.5. The minimum atomic E-state index is -1.31. The maximum atomic E-state index is 13.5. The summed E-state index contributed by atoms with van der Waals surface area (Å²) in [4.78, 5) is 10.7. The normalized spacial score (nSPS) is 10.3. The molecule has 0 bridgehead atoms. The molecule has 0 unspecified atom stereocenters. The first-order chi connectivity index (χ1) is 9.47. The second-order valence-corrected chi connectivity index (χ2v) is 4.83. The van der Waals surface area contributed by atoms with E-state index in [4.69, 9.17) is 33.0 Å². The van der Waals surface area contributed by atoms with Gasteiger partial charge in [0.1, 0.15) is 18.2 Å². The smallest absolute Gasteiger partial charge is 0.338 e. The molecule has 6 heteroatoms. The Morgan fingerprint density at radius 3 is 2.60 bits per heavy atom. The van der Waals surface area contributed by atoms with E-state index < -0.39 is 11.8 Å². The van der Waals surface area contributed by atoms with Crippen LogP contribution in [-0.4, -0.2) is 11.1 Å². The third kappa shape index (κ3) is 3.40. The lowest BCUT2D eigenvalue weighted by molar-refractivity contribution is 0.0692. The summed E-state index contributed by atoms with van der Waals surface area (Å²) in [7, 11) is 0. The molecule has 0 heterocycles. The van der Waals surface area contributed by atoms with Crippen LogP contribution >= 0.6 is 23.2 Å². The second-order valence-electron chi connectivity index (χ2n) is 3.98. The summed E-state index contributed by atoms with van der Waals surface area (Å²) in [5.41, 5.74) is 0.109. The molecule has 0 aromatic heterocycles. The average Bonchev–Trinajstić information content (AvgIpc) is 2.39. The molecule has 0 saturated heterocycles. The van der Waals surface area contributed by atoms with Crippen molar-refractivity contribution in [2.45, 2.75) is 6.61 Å². The molecule has 0 amide bonds. The number of benzene rings is 2. The van der Waals surface area contributed by atoms with Gasteiger partial charge in [-0.3, -0.25) is 0 Å². The summed E-state index contributed by atoms with van der Waals surface area (Å²) in [5.74, 6) is -1.74. The molecule has 104 valence electrons. The van der Waals surface area contributed by atoms with Crippen molar-refractivity contribution in [3.8, 4) is 5.75 Å². The number of hydrogen-bond acceptors (Lipinski definition) is 2. The zero-order valence-corrected chi connectivity index (χ0v) is 11.6. The number of halogens is 3. The van der Waals surface area contributed by atoms with Gasteiger partial charge in [0.2, 0.25) is 0 Å².